The minimum atomic E-state index is -0.0627. The van der Waals surface area contributed by atoms with Crippen molar-refractivity contribution in [1.29, 1.82) is 0 Å². The highest BCUT2D eigenvalue weighted by Gasteiger charge is 2.27. The van der Waals surface area contributed by atoms with Crippen LogP contribution in [0.1, 0.15) is 30.1 Å². The number of hydrogen-bond donors (Lipinski definition) is 2. The lowest BCUT2D eigenvalue weighted by Crippen LogP contribution is -2.43. The molecule has 0 aliphatic carbocycles. The van der Waals surface area contributed by atoms with Gasteiger partial charge in [0.25, 0.3) is 5.91 Å². The van der Waals surface area contributed by atoms with Gasteiger partial charge in [0.2, 0.25) is 0 Å². The van der Waals surface area contributed by atoms with Crippen molar-refractivity contribution in [3.05, 3.63) is 22.3 Å². The van der Waals surface area contributed by atoms with Crippen LogP contribution in [0.4, 0.5) is 5.82 Å². The fourth-order valence-electron chi connectivity index (χ4n) is 2.55. The Bertz CT molecular complexity index is 512. The number of carbonyl (C=O) groups is 1. The average molecular weight is 355 g/mol. The quantitative estimate of drug-likeness (QED) is 0.868. The van der Waals surface area contributed by atoms with Crippen LogP contribution in [0.2, 0.25) is 0 Å². The van der Waals surface area contributed by atoms with Crippen LogP contribution in [0.25, 0.3) is 0 Å². The second kappa shape index (κ2) is 6.75. The topological polar surface area (TPSA) is 57.3 Å². The van der Waals surface area contributed by atoms with Crippen LogP contribution in [-0.2, 0) is 0 Å². The van der Waals surface area contributed by atoms with Crippen molar-refractivity contribution in [2.24, 2.45) is 5.41 Å². The van der Waals surface area contributed by atoms with E-state index in [4.69, 9.17) is 0 Å². The fraction of sp³-hybridized carbons (Fsp3) is 0.600. The van der Waals surface area contributed by atoms with Crippen molar-refractivity contribution in [3.63, 3.8) is 0 Å². The van der Waals surface area contributed by atoms with Gasteiger partial charge in [-0.2, -0.15) is 0 Å². The Hall–Kier alpha value is -1.14. The maximum absolute atomic E-state index is 12.5. The number of carbonyl (C=O) groups excluding carboxylic acids is 1. The molecule has 1 aromatic heterocycles. The van der Waals surface area contributed by atoms with Gasteiger partial charge in [-0.1, -0.05) is 6.92 Å². The zero-order valence-corrected chi connectivity index (χ0v) is 14.5. The number of aromatic nitrogens is 1. The maximum Gasteiger partial charge on any atom is 0.255 e. The minimum Gasteiger partial charge on any atom is -0.362 e. The number of amides is 1. The molecule has 1 aromatic rings. The second-order valence-corrected chi connectivity index (χ2v) is 7.08. The summed E-state index contributed by atoms with van der Waals surface area (Å²) >= 11 is 3.38. The van der Waals surface area contributed by atoms with Crippen molar-refractivity contribution in [2.75, 3.05) is 38.6 Å². The molecule has 2 rings (SSSR count). The van der Waals surface area contributed by atoms with Gasteiger partial charge in [-0.05, 0) is 53.3 Å². The molecule has 21 heavy (non-hydrogen) atoms. The number of pyridine rings is 1. The fourth-order valence-corrected chi connectivity index (χ4v) is 2.88. The number of nitrogens with zero attached hydrogens (tertiary/aromatic N) is 2. The van der Waals surface area contributed by atoms with Crippen molar-refractivity contribution >= 4 is 27.7 Å². The molecule has 1 amide bonds. The van der Waals surface area contributed by atoms with Crippen LogP contribution in [0.3, 0.4) is 0 Å². The van der Waals surface area contributed by atoms with Gasteiger partial charge in [0.15, 0.2) is 0 Å². The second-order valence-electron chi connectivity index (χ2n) is 6.16. The largest absolute Gasteiger partial charge is 0.362 e. The van der Waals surface area contributed by atoms with E-state index in [0.29, 0.717) is 17.9 Å². The molecule has 0 radical (unpaired) electrons. The average Bonchev–Trinajstić information content (AvgIpc) is 2.45. The summed E-state index contributed by atoms with van der Waals surface area (Å²) in [6.07, 6.45) is 3.88. The van der Waals surface area contributed by atoms with Crippen LogP contribution in [0.5, 0.6) is 0 Å². The first kappa shape index (κ1) is 16.2. The van der Waals surface area contributed by atoms with Crippen molar-refractivity contribution < 1.29 is 4.79 Å². The molecule has 1 saturated heterocycles. The Labute approximate surface area is 134 Å². The first-order valence-corrected chi connectivity index (χ1v) is 8.02. The summed E-state index contributed by atoms with van der Waals surface area (Å²) in [5.41, 5.74) is 0.783. The van der Waals surface area contributed by atoms with Crippen molar-refractivity contribution in [1.82, 2.24) is 15.6 Å². The minimum absolute atomic E-state index is 0.0627. The van der Waals surface area contributed by atoms with E-state index in [-0.39, 0.29) is 11.3 Å². The molecular formula is C15H23BrN4O. The molecule has 5 nitrogen and oxygen atoms in total. The summed E-state index contributed by atoms with van der Waals surface area (Å²) in [5, 5.41) is 6.43. The Morgan fingerprint density at radius 3 is 2.76 bits per heavy atom. The summed E-state index contributed by atoms with van der Waals surface area (Å²) in [5.74, 6) is 0.624. The molecule has 0 bridgehead atoms. The molecule has 0 spiro atoms. The van der Waals surface area contributed by atoms with E-state index in [2.05, 4.69) is 38.5 Å². The zero-order chi connectivity index (χ0) is 15.5. The first-order chi connectivity index (χ1) is 9.91. The van der Waals surface area contributed by atoms with Crippen molar-refractivity contribution in [2.45, 2.75) is 19.8 Å². The standard InChI is InChI=1S/C15H23BrN4O/c1-15(4-6-17-7-5-15)10-19-14(21)12-8-11(16)9-18-13(12)20(2)3/h8-9,17H,4-7,10H2,1-3H3,(H,19,21). The Kier molecular flexibility index (Phi) is 5.22. The Balaban J connectivity index is 2.08. The number of halogens is 1. The molecule has 6 heteroatoms. The van der Waals surface area contributed by atoms with Crippen LogP contribution >= 0.6 is 15.9 Å². The number of rotatable bonds is 4. The van der Waals surface area contributed by atoms with Gasteiger partial charge < -0.3 is 15.5 Å². The third-order valence-corrected chi connectivity index (χ3v) is 4.42. The van der Waals surface area contributed by atoms with Crippen LogP contribution in [0, 0.1) is 5.41 Å². The zero-order valence-electron chi connectivity index (χ0n) is 12.9. The third kappa shape index (κ3) is 4.17. The molecule has 1 fully saturated rings. The molecule has 116 valence electrons. The predicted molar refractivity (Wildman–Crippen MR) is 88.8 cm³/mol. The van der Waals surface area contributed by atoms with E-state index in [1.165, 1.54) is 0 Å². The Morgan fingerprint density at radius 2 is 2.14 bits per heavy atom. The van der Waals surface area contributed by atoms with Crippen LogP contribution < -0.4 is 15.5 Å². The lowest BCUT2D eigenvalue weighted by molar-refractivity contribution is 0.0922. The van der Waals surface area contributed by atoms with Gasteiger partial charge in [-0.25, -0.2) is 4.98 Å². The molecule has 0 saturated carbocycles. The van der Waals surface area contributed by atoms with Crippen molar-refractivity contribution in [3.8, 4) is 0 Å². The lowest BCUT2D eigenvalue weighted by atomic mass is 9.81. The van der Waals surface area contributed by atoms with Gasteiger partial charge in [-0.15, -0.1) is 0 Å². The molecule has 0 atom stereocenters. The molecule has 0 unspecified atom stereocenters. The maximum atomic E-state index is 12.5. The summed E-state index contributed by atoms with van der Waals surface area (Å²) in [7, 11) is 3.78. The summed E-state index contributed by atoms with van der Waals surface area (Å²) in [6.45, 7) is 4.98. The first-order valence-electron chi connectivity index (χ1n) is 7.23. The smallest absolute Gasteiger partial charge is 0.255 e. The number of piperidine rings is 1. The molecule has 1 aliphatic heterocycles. The van der Waals surface area contributed by atoms with Gasteiger partial charge in [0.1, 0.15) is 5.82 Å². The molecule has 2 heterocycles. The molecule has 1 aliphatic rings. The summed E-state index contributed by atoms with van der Waals surface area (Å²) in [6, 6.07) is 1.82. The van der Waals surface area contributed by atoms with Crippen LogP contribution in [-0.4, -0.2) is 44.6 Å². The summed E-state index contributed by atoms with van der Waals surface area (Å²) < 4.78 is 0.811. The van der Waals surface area contributed by atoms with Gasteiger partial charge >= 0.3 is 0 Å². The van der Waals surface area contributed by atoms with Gasteiger partial charge in [0.05, 0.1) is 5.56 Å². The van der Waals surface area contributed by atoms with Crippen LogP contribution in [0.15, 0.2) is 16.7 Å². The van der Waals surface area contributed by atoms with Gasteiger partial charge in [-0.3, -0.25) is 4.79 Å². The SMILES string of the molecule is CN(C)c1ncc(Br)cc1C(=O)NCC1(C)CCNCC1. The molecule has 2 N–H and O–H groups in total. The van der Waals surface area contributed by atoms with E-state index in [0.717, 1.165) is 30.4 Å². The van der Waals surface area contributed by atoms with E-state index in [9.17, 15) is 4.79 Å². The Morgan fingerprint density at radius 1 is 1.48 bits per heavy atom. The number of nitrogens with one attached hydrogen (secondary N) is 2. The highest BCUT2D eigenvalue weighted by Crippen LogP contribution is 2.27. The van der Waals surface area contributed by atoms with E-state index < -0.39 is 0 Å². The van der Waals surface area contributed by atoms with E-state index in [1.54, 1.807) is 6.20 Å². The third-order valence-electron chi connectivity index (χ3n) is 3.99. The normalized spacial score (nSPS) is 17.3. The highest BCUT2D eigenvalue weighted by atomic mass is 79.9. The van der Waals surface area contributed by atoms with E-state index >= 15 is 0 Å². The molecular weight excluding hydrogens is 332 g/mol. The van der Waals surface area contributed by atoms with Gasteiger partial charge in [0, 0.05) is 31.3 Å². The number of anilines is 1. The summed E-state index contributed by atoms with van der Waals surface area (Å²) in [4.78, 5) is 18.7. The monoisotopic (exact) mass is 354 g/mol. The lowest BCUT2D eigenvalue weighted by Gasteiger charge is -2.34. The van der Waals surface area contributed by atoms with E-state index in [1.807, 2.05) is 25.1 Å². The molecule has 0 aromatic carbocycles. The highest BCUT2D eigenvalue weighted by molar-refractivity contribution is 9.10. The number of hydrogen-bond acceptors (Lipinski definition) is 4. The predicted octanol–water partition coefficient (Wildman–Crippen LogP) is 2.03.